The molecule has 11 rings (SSSR count). The summed E-state index contributed by atoms with van der Waals surface area (Å²) in [5.41, 5.74) is 13.5. The van der Waals surface area contributed by atoms with Gasteiger partial charge in [-0.15, -0.1) is 0 Å². The van der Waals surface area contributed by atoms with Crippen LogP contribution in [0.3, 0.4) is 0 Å². The number of nitriles is 4. The van der Waals surface area contributed by atoms with E-state index >= 15 is 0 Å². The summed E-state index contributed by atoms with van der Waals surface area (Å²) in [5.74, 6) is 0.233. The molecule has 0 bridgehead atoms. The van der Waals surface area contributed by atoms with Crippen molar-refractivity contribution in [2.24, 2.45) is 0 Å². The maximum Gasteiger partial charge on any atom is 0.161 e. The van der Waals surface area contributed by atoms with Gasteiger partial charge in [-0.2, -0.15) is 21.0 Å². The minimum Gasteiger partial charge on any atom is -0.310 e. The molecule has 9 aromatic carbocycles. The molecule has 8 nitrogen and oxygen atoms in total. The molecule has 8 heteroatoms. The average molecular weight is 893 g/mol. The van der Waals surface area contributed by atoms with Gasteiger partial charge in [0.1, 0.15) is 0 Å². The minimum atomic E-state index is 0.233. The van der Waals surface area contributed by atoms with E-state index in [0.29, 0.717) is 44.8 Å². The van der Waals surface area contributed by atoms with Gasteiger partial charge in [0.25, 0.3) is 0 Å². The van der Waals surface area contributed by atoms with E-state index in [-0.39, 0.29) is 17.0 Å². The molecular weight excluding hydrogens is 857 g/mol. The third-order valence-corrected chi connectivity index (χ3v) is 12.6. The molecule has 0 unspecified atom stereocenters. The molecular formula is C62H36N8. The molecule has 0 saturated carbocycles. The molecule has 0 aliphatic heterocycles. The van der Waals surface area contributed by atoms with Crippen LogP contribution in [0.25, 0.3) is 83.6 Å². The van der Waals surface area contributed by atoms with Crippen LogP contribution in [0.4, 0.5) is 17.1 Å². The quantitative estimate of drug-likeness (QED) is 0.141. The van der Waals surface area contributed by atoms with Gasteiger partial charge in [0, 0.05) is 50.2 Å². The van der Waals surface area contributed by atoms with Crippen molar-refractivity contribution < 1.29 is 0 Å². The SMILES string of the molecule is N#Cc1ccccc1-c1cc(-c2c(C#N)cc(-c3ccc(-c4ccc(-n5c6ccccc6c6cc(N(c7ccccc7)c7ccccc7)ccc65)cc4)cc3)cc2C#N)nc(-c2ccccc2C#N)n1. The maximum absolute atomic E-state index is 10.6. The predicted molar refractivity (Wildman–Crippen MR) is 277 cm³/mol. The average Bonchev–Trinajstić information content (AvgIpc) is 3.76. The van der Waals surface area contributed by atoms with E-state index in [0.717, 1.165) is 55.9 Å². The van der Waals surface area contributed by atoms with Crippen LogP contribution in [0, 0.1) is 45.3 Å². The van der Waals surface area contributed by atoms with Gasteiger partial charge in [0.2, 0.25) is 0 Å². The van der Waals surface area contributed by atoms with Crippen molar-refractivity contribution in [2.75, 3.05) is 4.90 Å². The summed E-state index contributed by atoms with van der Waals surface area (Å²) in [6, 6.07) is 81.1. The third kappa shape index (κ3) is 7.63. The summed E-state index contributed by atoms with van der Waals surface area (Å²) >= 11 is 0. The molecule has 0 N–H and O–H groups in total. The molecule has 324 valence electrons. The van der Waals surface area contributed by atoms with Crippen molar-refractivity contribution in [2.45, 2.75) is 0 Å². The highest BCUT2D eigenvalue weighted by Gasteiger charge is 2.21. The van der Waals surface area contributed by atoms with Gasteiger partial charge >= 0.3 is 0 Å². The molecule has 2 aromatic heterocycles. The van der Waals surface area contributed by atoms with E-state index in [1.165, 1.54) is 5.39 Å². The predicted octanol–water partition coefficient (Wildman–Crippen LogP) is 14.9. The summed E-state index contributed by atoms with van der Waals surface area (Å²) in [4.78, 5) is 12.0. The summed E-state index contributed by atoms with van der Waals surface area (Å²) in [7, 11) is 0. The zero-order chi connectivity index (χ0) is 47.6. The third-order valence-electron chi connectivity index (χ3n) is 12.6. The lowest BCUT2D eigenvalue weighted by Gasteiger charge is -2.25. The van der Waals surface area contributed by atoms with Crippen LogP contribution in [-0.2, 0) is 0 Å². The summed E-state index contributed by atoms with van der Waals surface area (Å²) in [6.07, 6.45) is 0. The molecule has 2 heterocycles. The highest BCUT2D eigenvalue weighted by Crippen LogP contribution is 2.41. The van der Waals surface area contributed by atoms with Gasteiger partial charge in [-0.25, -0.2) is 9.97 Å². The summed E-state index contributed by atoms with van der Waals surface area (Å²) in [5, 5.41) is 43.5. The number of hydrogen-bond donors (Lipinski definition) is 0. The topological polar surface area (TPSA) is 129 Å². The Balaban J connectivity index is 0.927. The van der Waals surface area contributed by atoms with Gasteiger partial charge < -0.3 is 9.47 Å². The molecule has 0 aliphatic carbocycles. The summed E-state index contributed by atoms with van der Waals surface area (Å²) in [6.45, 7) is 0. The molecule has 0 aliphatic rings. The van der Waals surface area contributed by atoms with E-state index in [4.69, 9.17) is 9.97 Å². The molecule has 0 fully saturated rings. The molecule has 0 atom stereocenters. The van der Waals surface area contributed by atoms with Crippen LogP contribution in [0.2, 0.25) is 0 Å². The minimum absolute atomic E-state index is 0.233. The van der Waals surface area contributed by atoms with Gasteiger partial charge in [-0.3, -0.25) is 0 Å². The number of para-hydroxylation sites is 3. The van der Waals surface area contributed by atoms with Crippen molar-refractivity contribution in [3.05, 3.63) is 241 Å². The van der Waals surface area contributed by atoms with Crippen molar-refractivity contribution in [3.8, 4) is 86.1 Å². The van der Waals surface area contributed by atoms with Crippen LogP contribution in [0.1, 0.15) is 22.3 Å². The Hall–Kier alpha value is -10.4. The van der Waals surface area contributed by atoms with Gasteiger partial charge in [-0.1, -0.05) is 121 Å². The first-order valence-electron chi connectivity index (χ1n) is 22.5. The van der Waals surface area contributed by atoms with Gasteiger partial charge in [0.05, 0.1) is 69.0 Å². The molecule has 0 saturated heterocycles. The monoisotopic (exact) mass is 892 g/mol. The smallest absolute Gasteiger partial charge is 0.161 e. The number of aromatic nitrogens is 3. The van der Waals surface area contributed by atoms with Crippen molar-refractivity contribution in [1.29, 1.82) is 21.0 Å². The fourth-order valence-electron chi connectivity index (χ4n) is 9.31. The largest absolute Gasteiger partial charge is 0.310 e. The number of rotatable bonds is 9. The Morgan fingerprint density at radius 3 is 1.46 bits per heavy atom. The lowest BCUT2D eigenvalue weighted by atomic mass is 9.92. The number of nitrogens with zero attached hydrogens (tertiary/aromatic N) is 8. The Kier molecular flexibility index (Phi) is 10.9. The van der Waals surface area contributed by atoms with Crippen LogP contribution in [0.15, 0.2) is 218 Å². The summed E-state index contributed by atoms with van der Waals surface area (Å²) < 4.78 is 2.32. The first-order chi connectivity index (χ1) is 34.5. The Bertz CT molecular complexity index is 3830. The molecule has 0 spiro atoms. The number of fused-ring (bicyclic) bond motifs is 3. The lowest BCUT2D eigenvalue weighted by Crippen LogP contribution is -2.09. The van der Waals surface area contributed by atoms with Crippen LogP contribution in [0.5, 0.6) is 0 Å². The highest BCUT2D eigenvalue weighted by molar-refractivity contribution is 6.10. The Morgan fingerprint density at radius 1 is 0.357 bits per heavy atom. The van der Waals surface area contributed by atoms with E-state index in [1.54, 1.807) is 60.7 Å². The zero-order valence-corrected chi connectivity index (χ0v) is 37.4. The Labute approximate surface area is 404 Å². The van der Waals surface area contributed by atoms with E-state index in [9.17, 15) is 21.0 Å². The Morgan fingerprint density at radius 2 is 0.843 bits per heavy atom. The highest BCUT2D eigenvalue weighted by atomic mass is 15.1. The van der Waals surface area contributed by atoms with E-state index in [1.807, 2.05) is 42.5 Å². The van der Waals surface area contributed by atoms with Crippen LogP contribution >= 0.6 is 0 Å². The van der Waals surface area contributed by atoms with Crippen molar-refractivity contribution in [1.82, 2.24) is 14.5 Å². The molecule has 11 aromatic rings. The van der Waals surface area contributed by atoms with E-state index in [2.05, 4.69) is 149 Å². The fraction of sp³-hybridized carbons (Fsp3) is 0. The van der Waals surface area contributed by atoms with Crippen LogP contribution in [-0.4, -0.2) is 14.5 Å². The number of hydrogen-bond acceptors (Lipinski definition) is 7. The second-order valence-corrected chi connectivity index (χ2v) is 16.6. The zero-order valence-electron chi connectivity index (χ0n) is 37.4. The van der Waals surface area contributed by atoms with Crippen LogP contribution < -0.4 is 4.90 Å². The lowest BCUT2D eigenvalue weighted by molar-refractivity contribution is 1.17. The second kappa shape index (κ2) is 18.1. The van der Waals surface area contributed by atoms with Crippen molar-refractivity contribution >= 4 is 38.9 Å². The molecule has 70 heavy (non-hydrogen) atoms. The molecule has 0 amide bonds. The van der Waals surface area contributed by atoms with E-state index < -0.39 is 0 Å². The second-order valence-electron chi connectivity index (χ2n) is 16.6. The normalized spacial score (nSPS) is 10.8. The van der Waals surface area contributed by atoms with Gasteiger partial charge in [-0.05, 0) is 119 Å². The molecule has 0 radical (unpaired) electrons. The number of benzene rings is 9. The van der Waals surface area contributed by atoms with Crippen molar-refractivity contribution in [3.63, 3.8) is 0 Å². The first kappa shape index (κ1) is 42.3. The maximum atomic E-state index is 10.6. The standard InChI is InChI=1S/C62H36N8/c63-37-44-13-7-9-19-53(44)57-36-58(68-62(67-57)54-20-10-8-14-45(54)38-64)61-47(39-65)33-46(34-48(61)40-66)43-25-23-41(24-26-43)42-27-29-51(30-28-42)70-59-22-12-11-21-55(59)56-35-52(31-32-60(56)70)69(49-15-3-1-4-16-49)50-17-5-2-6-18-50/h1-36H. The fourth-order valence-corrected chi connectivity index (χ4v) is 9.31. The number of anilines is 3. The van der Waals surface area contributed by atoms with Gasteiger partial charge in [0.15, 0.2) is 5.82 Å². The first-order valence-corrected chi connectivity index (χ1v) is 22.5.